The summed E-state index contributed by atoms with van der Waals surface area (Å²) in [7, 11) is 0. The van der Waals surface area contributed by atoms with Crippen molar-refractivity contribution in [1.29, 1.82) is 0 Å². The SMILES string of the molecule is FC(F)(F)COc1cccc(NCc2nc(-c3ccc(Cl)cc3)no2)c1. The van der Waals surface area contributed by atoms with Gasteiger partial charge in [0.15, 0.2) is 6.61 Å². The highest BCUT2D eigenvalue weighted by Gasteiger charge is 2.28. The summed E-state index contributed by atoms with van der Waals surface area (Å²) in [6, 6.07) is 13.2. The second kappa shape index (κ2) is 7.65. The van der Waals surface area contributed by atoms with E-state index in [0.717, 1.165) is 5.56 Å². The van der Waals surface area contributed by atoms with Gasteiger partial charge in [0.2, 0.25) is 11.7 Å². The van der Waals surface area contributed by atoms with Crippen molar-refractivity contribution in [3.8, 4) is 17.1 Å². The molecule has 1 aromatic heterocycles. The van der Waals surface area contributed by atoms with Crippen LogP contribution in [0, 0.1) is 0 Å². The van der Waals surface area contributed by atoms with Crippen LogP contribution in [0.1, 0.15) is 5.89 Å². The standard InChI is InChI=1S/C17H13ClF3N3O2/c18-12-6-4-11(5-7-12)16-23-15(26-24-16)9-22-13-2-1-3-14(8-13)25-10-17(19,20)21/h1-8,22H,9-10H2. The summed E-state index contributed by atoms with van der Waals surface area (Å²) in [5.74, 6) is 0.858. The summed E-state index contributed by atoms with van der Waals surface area (Å²) in [6.07, 6.45) is -4.38. The van der Waals surface area contributed by atoms with Crippen LogP contribution >= 0.6 is 11.6 Å². The fraction of sp³-hybridized carbons (Fsp3) is 0.176. The molecule has 2 aromatic carbocycles. The zero-order chi connectivity index (χ0) is 18.6. The third kappa shape index (κ3) is 5.13. The average molecular weight is 384 g/mol. The minimum atomic E-state index is -4.38. The Kier molecular flexibility index (Phi) is 5.32. The van der Waals surface area contributed by atoms with Gasteiger partial charge in [0.25, 0.3) is 0 Å². The van der Waals surface area contributed by atoms with Gasteiger partial charge in [-0.25, -0.2) is 0 Å². The molecule has 1 N–H and O–H groups in total. The summed E-state index contributed by atoms with van der Waals surface area (Å²) in [5.41, 5.74) is 1.32. The molecule has 0 amide bonds. The maximum atomic E-state index is 12.2. The first-order valence-electron chi connectivity index (χ1n) is 7.51. The molecule has 1 heterocycles. The fourth-order valence-corrected chi connectivity index (χ4v) is 2.21. The number of benzene rings is 2. The zero-order valence-corrected chi connectivity index (χ0v) is 14.0. The van der Waals surface area contributed by atoms with E-state index >= 15 is 0 Å². The van der Waals surface area contributed by atoms with E-state index in [1.54, 1.807) is 36.4 Å². The van der Waals surface area contributed by atoms with Gasteiger partial charge in [-0.15, -0.1) is 0 Å². The van der Waals surface area contributed by atoms with Crippen LogP contribution in [0.5, 0.6) is 5.75 Å². The number of aromatic nitrogens is 2. The Morgan fingerprint density at radius 2 is 1.88 bits per heavy atom. The Morgan fingerprint density at radius 1 is 1.12 bits per heavy atom. The van der Waals surface area contributed by atoms with Gasteiger partial charge in [-0.2, -0.15) is 18.2 Å². The zero-order valence-electron chi connectivity index (χ0n) is 13.3. The number of ether oxygens (including phenoxy) is 1. The normalized spacial score (nSPS) is 11.4. The molecule has 0 aliphatic carbocycles. The van der Waals surface area contributed by atoms with Crippen molar-refractivity contribution in [3.05, 3.63) is 59.4 Å². The largest absolute Gasteiger partial charge is 0.484 e. The van der Waals surface area contributed by atoms with E-state index in [2.05, 4.69) is 15.5 Å². The lowest BCUT2D eigenvalue weighted by molar-refractivity contribution is -0.153. The summed E-state index contributed by atoms with van der Waals surface area (Å²) in [4.78, 5) is 4.25. The molecule has 3 aromatic rings. The van der Waals surface area contributed by atoms with Crippen LogP contribution < -0.4 is 10.1 Å². The number of halogens is 4. The molecule has 136 valence electrons. The Morgan fingerprint density at radius 3 is 2.62 bits per heavy atom. The maximum absolute atomic E-state index is 12.2. The van der Waals surface area contributed by atoms with E-state index < -0.39 is 12.8 Å². The van der Waals surface area contributed by atoms with E-state index in [4.69, 9.17) is 20.9 Å². The van der Waals surface area contributed by atoms with Gasteiger partial charge >= 0.3 is 6.18 Å². The van der Waals surface area contributed by atoms with Crippen LogP contribution in [0.25, 0.3) is 11.4 Å². The van der Waals surface area contributed by atoms with Crippen LogP contribution in [0.3, 0.4) is 0 Å². The van der Waals surface area contributed by atoms with Crippen molar-refractivity contribution in [2.75, 3.05) is 11.9 Å². The summed E-state index contributed by atoms with van der Waals surface area (Å²) >= 11 is 5.84. The van der Waals surface area contributed by atoms with Gasteiger partial charge in [0.05, 0.1) is 6.54 Å². The third-order valence-corrected chi connectivity index (χ3v) is 3.50. The van der Waals surface area contributed by atoms with Crippen molar-refractivity contribution in [2.24, 2.45) is 0 Å². The molecule has 0 bridgehead atoms. The summed E-state index contributed by atoms with van der Waals surface area (Å²) in [5, 5.41) is 7.48. The van der Waals surface area contributed by atoms with Crippen LogP contribution in [0.15, 0.2) is 53.1 Å². The van der Waals surface area contributed by atoms with Gasteiger partial charge < -0.3 is 14.6 Å². The molecular weight excluding hydrogens is 371 g/mol. The van der Waals surface area contributed by atoms with Gasteiger partial charge in [-0.1, -0.05) is 22.8 Å². The van der Waals surface area contributed by atoms with E-state index in [1.165, 1.54) is 12.1 Å². The predicted molar refractivity (Wildman–Crippen MR) is 90.1 cm³/mol. The molecule has 0 saturated carbocycles. The quantitative estimate of drug-likeness (QED) is 0.653. The molecule has 0 unspecified atom stereocenters. The number of anilines is 1. The van der Waals surface area contributed by atoms with Crippen molar-refractivity contribution in [2.45, 2.75) is 12.7 Å². The third-order valence-electron chi connectivity index (χ3n) is 3.25. The lowest BCUT2D eigenvalue weighted by atomic mass is 10.2. The molecule has 5 nitrogen and oxygen atoms in total. The van der Waals surface area contributed by atoms with Crippen molar-refractivity contribution in [1.82, 2.24) is 10.1 Å². The van der Waals surface area contributed by atoms with Crippen molar-refractivity contribution < 1.29 is 22.4 Å². The second-order valence-corrected chi connectivity index (χ2v) is 5.74. The first-order valence-corrected chi connectivity index (χ1v) is 7.89. The first-order chi connectivity index (χ1) is 12.4. The van der Waals surface area contributed by atoms with Crippen LogP contribution in [-0.2, 0) is 6.54 Å². The lowest BCUT2D eigenvalue weighted by Crippen LogP contribution is -2.19. The smallest absolute Gasteiger partial charge is 0.422 e. The number of hydrogen-bond donors (Lipinski definition) is 1. The highest BCUT2D eigenvalue weighted by atomic mass is 35.5. The predicted octanol–water partition coefficient (Wildman–Crippen LogP) is 4.94. The molecule has 0 atom stereocenters. The van der Waals surface area contributed by atoms with E-state index in [1.807, 2.05) is 0 Å². The Balaban J connectivity index is 1.60. The molecule has 0 spiro atoms. The van der Waals surface area contributed by atoms with E-state index in [9.17, 15) is 13.2 Å². The Bertz CT molecular complexity index is 866. The number of nitrogens with zero attached hydrogens (tertiary/aromatic N) is 2. The van der Waals surface area contributed by atoms with Crippen molar-refractivity contribution >= 4 is 17.3 Å². The van der Waals surface area contributed by atoms with Gasteiger partial charge in [-0.3, -0.25) is 0 Å². The van der Waals surface area contributed by atoms with E-state index in [0.29, 0.717) is 22.4 Å². The Labute approximate surface area is 151 Å². The summed E-state index contributed by atoms with van der Waals surface area (Å²) in [6.45, 7) is -1.13. The Hall–Kier alpha value is -2.74. The van der Waals surface area contributed by atoms with Crippen LogP contribution in [0.4, 0.5) is 18.9 Å². The molecule has 0 radical (unpaired) electrons. The molecule has 0 aliphatic heterocycles. The highest BCUT2D eigenvalue weighted by Crippen LogP contribution is 2.22. The number of rotatable bonds is 6. The minimum absolute atomic E-state index is 0.111. The molecule has 0 aliphatic rings. The molecule has 26 heavy (non-hydrogen) atoms. The molecular formula is C17H13ClF3N3O2. The van der Waals surface area contributed by atoms with Crippen LogP contribution in [-0.4, -0.2) is 22.9 Å². The maximum Gasteiger partial charge on any atom is 0.422 e. The monoisotopic (exact) mass is 383 g/mol. The number of nitrogens with one attached hydrogen (secondary N) is 1. The van der Waals surface area contributed by atoms with Crippen LogP contribution in [0.2, 0.25) is 5.02 Å². The minimum Gasteiger partial charge on any atom is -0.484 e. The van der Waals surface area contributed by atoms with Gasteiger partial charge in [-0.05, 0) is 36.4 Å². The van der Waals surface area contributed by atoms with Gasteiger partial charge in [0, 0.05) is 22.3 Å². The molecule has 0 fully saturated rings. The molecule has 0 saturated heterocycles. The molecule has 9 heteroatoms. The first kappa shape index (κ1) is 18.1. The second-order valence-electron chi connectivity index (χ2n) is 5.30. The van der Waals surface area contributed by atoms with Crippen molar-refractivity contribution in [3.63, 3.8) is 0 Å². The highest BCUT2D eigenvalue weighted by molar-refractivity contribution is 6.30. The lowest BCUT2D eigenvalue weighted by Gasteiger charge is -2.10. The number of hydrogen-bond acceptors (Lipinski definition) is 5. The summed E-state index contributed by atoms with van der Waals surface area (Å²) < 4.78 is 46.5. The van der Waals surface area contributed by atoms with E-state index in [-0.39, 0.29) is 12.3 Å². The average Bonchev–Trinajstić information content (AvgIpc) is 3.08. The fourth-order valence-electron chi connectivity index (χ4n) is 2.08. The topological polar surface area (TPSA) is 60.2 Å². The molecule has 3 rings (SSSR count). The number of alkyl halides is 3. The van der Waals surface area contributed by atoms with Gasteiger partial charge in [0.1, 0.15) is 5.75 Å².